The van der Waals surface area contributed by atoms with Crippen LogP contribution in [0.5, 0.6) is 0 Å². The van der Waals surface area contributed by atoms with Crippen molar-refractivity contribution in [2.75, 3.05) is 20.1 Å². The van der Waals surface area contributed by atoms with Gasteiger partial charge in [0.1, 0.15) is 0 Å². The molecule has 1 saturated heterocycles. The zero-order valence-corrected chi connectivity index (χ0v) is 10.4. The van der Waals surface area contributed by atoms with Crippen LogP contribution in [0.2, 0.25) is 0 Å². The molecule has 0 saturated carbocycles. The topological polar surface area (TPSA) is 58.4 Å². The van der Waals surface area contributed by atoms with Gasteiger partial charge in [0.2, 0.25) is 5.76 Å². The first-order valence-corrected chi connectivity index (χ1v) is 6.09. The molecule has 1 atom stereocenters. The molecule has 0 radical (unpaired) electrons. The first-order chi connectivity index (χ1) is 8.20. The lowest BCUT2D eigenvalue weighted by atomic mass is 10.1. The lowest BCUT2D eigenvalue weighted by Gasteiger charge is -2.26. The van der Waals surface area contributed by atoms with E-state index in [0.717, 1.165) is 37.9 Å². The van der Waals surface area contributed by atoms with Crippen molar-refractivity contribution in [1.82, 2.24) is 15.4 Å². The number of nitrogens with one attached hydrogen (secondary N) is 1. The van der Waals surface area contributed by atoms with Crippen LogP contribution in [0.1, 0.15) is 35.4 Å². The molecule has 0 aliphatic carbocycles. The second-order valence-electron chi connectivity index (χ2n) is 4.59. The quantitative estimate of drug-likeness (QED) is 0.839. The maximum atomic E-state index is 12.2. The summed E-state index contributed by atoms with van der Waals surface area (Å²) in [6, 6.07) is 0.294. The van der Waals surface area contributed by atoms with Crippen molar-refractivity contribution >= 4 is 5.91 Å². The van der Waals surface area contributed by atoms with Gasteiger partial charge in [-0.1, -0.05) is 5.16 Å². The summed E-state index contributed by atoms with van der Waals surface area (Å²) in [6.07, 6.45) is 4.73. The number of hydrogen-bond acceptors (Lipinski definition) is 4. The van der Waals surface area contributed by atoms with Crippen molar-refractivity contribution in [2.45, 2.75) is 32.2 Å². The van der Waals surface area contributed by atoms with E-state index in [1.54, 1.807) is 11.1 Å². The summed E-state index contributed by atoms with van der Waals surface area (Å²) in [5.74, 6) is 0.302. The average Bonchev–Trinajstić information content (AvgIpc) is 2.60. The summed E-state index contributed by atoms with van der Waals surface area (Å²) in [7, 11) is 1.85. The molecule has 2 heterocycles. The molecule has 1 amide bonds. The first-order valence-electron chi connectivity index (χ1n) is 6.09. The normalized spacial score (nSPS) is 20.9. The molecule has 1 fully saturated rings. The number of hydrogen-bond donors (Lipinski definition) is 1. The van der Waals surface area contributed by atoms with Crippen LogP contribution in [-0.4, -0.2) is 42.1 Å². The summed E-state index contributed by atoms with van der Waals surface area (Å²) in [4.78, 5) is 14.0. The van der Waals surface area contributed by atoms with Gasteiger partial charge in [-0.25, -0.2) is 0 Å². The summed E-state index contributed by atoms with van der Waals surface area (Å²) in [5.41, 5.74) is 0.800. The van der Waals surface area contributed by atoms with Crippen LogP contribution < -0.4 is 5.32 Å². The van der Waals surface area contributed by atoms with E-state index in [1.807, 2.05) is 14.0 Å². The summed E-state index contributed by atoms with van der Waals surface area (Å²) in [5, 5.41) is 7.00. The number of nitrogens with zero attached hydrogens (tertiary/aromatic N) is 2. The van der Waals surface area contributed by atoms with Crippen molar-refractivity contribution in [3.05, 3.63) is 17.5 Å². The van der Waals surface area contributed by atoms with Crippen LogP contribution in [0, 0.1) is 6.92 Å². The highest BCUT2D eigenvalue weighted by molar-refractivity contribution is 5.92. The maximum Gasteiger partial charge on any atom is 0.292 e. The van der Waals surface area contributed by atoms with Crippen LogP contribution in [0.25, 0.3) is 0 Å². The molecule has 17 heavy (non-hydrogen) atoms. The molecule has 0 aromatic carbocycles. The number of amides is 1. The number of rotatable bonds is 2. The Labute approximate surface area is 101 Å². The average molecular weight is 237 g/mol. The summed E-state index contributed by atoms with van der Waals surface area (Å²) < 4.78 is 5.01. The molecule has 0 bridgehead atoms. The second kappa shape index (κ2) is 5.31. The fourth-order valence-electron chi connectivity index (χ4n) is 2.21. The molecular formula is C12H19N3O2. The van der Waals surface area contributed by atoms with E-state index in [2.05, 4.69) is 10.5 Å². The predicted octanol–water partition coefficient (Wildman–Crippen LogP) is 1.20. The van der Waals surface area contributed by atoms with Gasteiger partial charge in [-0.2, -0.15) is 0 Å². The Morgan fingerprint density at radius 2 is 2.35 bits per heavy atom. The van der Waals surface area contributed by atoms with Crippen molar-refractivity contribution in [3.63, 3.8) is 0 Å². The minimum Gasteiger partial charge on any atom is -0.351 e. The van der Waals surface area contributed by atoms with Gasteiger partial charge in [0.05, 0.1) is 6.20 Å². The highest BCUT2D eigenvalue weighted by Gasteiger charge is 2.25. The molecule has 1 aromatic rings. The van der Waals surface area contributed by atoms with Crippen molar-refractivity contribution < 1.29 is 9.32 Å². The third kappa shape index (κ3) is 2.66. The molecule has 94 valence electrons. The first kappa shape index (κ1) is 12.1. The van der Waals surface area contributed by atoms with Gasteiger partial charge in [-0.3, -0.25) is 4.79 Å². The Kier molecular flexibility index (Phi) is 3.78. The van der Waals surface area contributed by atoms with Gasteiger partial charge in [0.15, 0.2) is 0 Å². The third-order valence-corrected chi connectivity index (χ3v) is 3.36. The molecule has 1 aliphatic rings. The maximum absolute atomic E-state index is 12.2. The zero-order chi connectivity index (χ0) is 12.3. The van der Waals surface area contributed by atoms with Crippen molar-refractivity contribution in [3.8, 4) is 0 Å². The minimum atomic E-state index is -0.0631. The number of aromatic nitrogens is 1. The smallest absolute Gasteiger partial charge is 0.292 e. The Hall–Kier alpha value is -1.36. The van der Waals surface area contributed by atoms with E-state index in [0.29, 0.717) is 11.8 Å². The summed E-state index contributed by atoms with van der Waals surface area (Å²) >= 11 is 0. The largest absolute Gasteiger partial charge is 0.351 e. The Bertz CT molecular complexity index is 381. The Balaban J connectivity index is 2.06. The highest BCUT2D eigenvalue weighted by Crippen LogP contribution is 2.16. The Morgan fingerprint density at radius 1 is 1.53 bits per heavy atom. The third-order valence-electron chi connectivity index (χ3n) is 3.36. The van der Waals surface area contributed by atoms with E-state index < -0.39 is 0 Å². The second-order valence-corrected chi connectivity index (χ2v) is 4.59. The SMILES string of the molecule is Cc1cnoc1C(=O)N(C)C1CCCNCC1. The fraction of sp³-hybridized carbons (Fsp3) is 0.667. The van der Waals surface area contributed by atoms with Gasteiger partial charge in [0, 0.05) is 18.7 Å². The summed E-state index contributed by atoms with van der Waals surface area (Å²) in [6.45, 7) is 3.85. The van der Waals surface area contributed by atoms with Crippen LogP contribution in [0.4, 0.5) is 0 Å². The van der Waals surface area contributed by atoms with Crippen molar-refractivity contribution in [2.24, 2.45) is 0 Å². The van der Waals surface area contributed by atoms with Crippen LogP contribution >= 0.6 is 0 Å². The Morgan fingerprint density at radius 3 is 3.06 bits per heavy atom. The van der Waals surface area contributed by atoms with Gasteiger partial charge in [0.25, 0.3) is 5.91 Å². The molecule has 5 heteroatoms. The van der Waals surface area contributed by atoms with Crippen LogP contribution in [-0.2, 0) is 0 Å². The molecule has 1 aromatic heterocycles. The van der Waals surface area contributed by atoms with Crippen molar-refractivity contribution in [1.29, 1.82) is 0 Å². The van der Waals surface area contributed by atoms with Gasteiger partial charge >= 0.3 is 0 Å². The molecule has 0 spiro atoms. The molecule has 5 nitrogen and oxygen atoms in total. The van der Waals surface area contributed by atoms with Gasteiger partial charge < -0.3 is 14.7 Å². The van der Waals surface area contributed by atoms with E-state index in [-0.39, 0.29) is 5.91 Å². The highest BCUT2D eigenvalue weighted by atomic mass is 16.5. The van der Waals surface area contributed by atoms with E-state index in [4.69, 9.17) is 4.52 Å². The monoisotopic (exact) mass is 237 g/mol. The molecule has 1 N–H and O–H groups in total. The van der Waals surface area contributed by atoms with E-state index in [1.165, 1.54) is 0 Å². The number of carbonyl (C=O) groups is 1. The lowest BCUT2D eigenvalue weighted by molar-refractivity contribution is 0.0677. The van der Waals surface area contributed by atoms with Crippen LogP contribution in [0.15, 0.2) is 10.7 Å². The number of carbonyl (C=O) groups excluding carboxylic acids is 1. The lowest BCUT2D eigenvalue weighted by Crippen LogP contribution is -2.37. The molecule has 2 rings (SSSR count). The standard InChI is InChI=1S/C12H19N3O2/c1-9-8-14-17-11(9)12(16)15(2)10-4-3-6-13-7-5-10/h8,10,13H,3-7H2,1-2H3. The van der Waals surface area contributed by atoms with E-state index >= 15 is 0 Å². The minimum absolute atomic E-state index is 0.0631. The molecule has 1 aliphatic heterocycles. The van der Waals surface area contributed by atoms with E-state index in [9.17, 15) is 4.79 Å². The predicted molar refractivity (Wildman–Crippen MR) is 63.8 cm³/mol. The van der Waals surface area contributed by atoms with Gasteiger partial charge in [-0.05, 0) is 39.3 Å². The molecule has 1 unspecified atom stereocenters. The zero-order valence-electron chi connectivity index (χ0n) is 10.4. The molecular weight excluding hydrogens is 218 g/mol. The number of aryl methyl sites for hydroxylation is 1. The fourth-order valence-corrected chi connectivity index (χ4v) is 2.21. The van der Waals surface area contributed by atoms with Gasteiger partial charge in [-0.15, -0.1) is 0 Å². The van der Waals surface area contributed by atoms with Crippen LogP contribution in [0.3, 0.4) is 0 Å².